The fourth-order valence-electron chi connectivity index (χ4n) is 1.67. The van der Waals surface area contributed by atoms with Crippen LogP contribution in [0.25, 0.3) is 11.2 Å². The predicted molar refractivity (Wildman–Crippen MR) is 70.8 cm³/mol. The minimum absolute atomic E-state index is 0.0303. The highest BCUT2D eigenvalue weighted by molar-refractivity contribution is 7.71. The second-order valence-corrected chi connectivity index (χ2v) is 4.07. The molecule has 3 aromatic heterocycles. The lowest BCUT2D eigenvalue weighted by Gasteiger charge is -2.07. The minimum Gasteiger partial charge on any atom is -0.382 e. The Labute approximate surface area is 110 Å². The van der Waals surface area contributed by atoms with Crippen molar-refractivity contribution in [3.63, 3.8) is 0 Å². The molecule has 0 amide bonds. The van der Waals surface area contributed by atoms with Gasteiger partial charge in [0.05, 0.1) is 0 Å². The average Bonchev–Trinajstić information content (AvgIpc) is 2.73. The van der Waals surface area contributed by atoms with Crippen LogP contribution in [0.2, 0.25) is 0 Å². The summed E-state index contributed by atoms with van der Waals surface area (Å²) in [5.41, 5.74) is 11.8. The molecule has 9 nitrogen and oxygen atoms in total. The van der Waals surface area contributed by atoms with Gasteiger partial charge in [-0.3, -0.25) is 9.78 Å². The quantitative estimate of drug-likeness (QED) is 0.511. The van der Waals surface area contributed by atoms with Gasteiger partial charge in [-0.25, -0.2) is 14.3 Å². The van der Waals surface area contributed by atoms with Gasteiger partial charge in [0.2, 0.25) is 5.95 Å². The first-order valence-corrected chi connectivity index (χ1v) is 5.56. The number of rotatable bonds is 1. The fourth-order valence-corrected chi connectivity index (χ4v) is 1.92. The Morgan fingerprint density at radius 3 is 2.79 bits per heavy atom. The second-order valence-electron chi connectivity index (χ2n) is 3.68. The molecule has 0 bridgehead atoms. The Morgan fingerprint density at radius 1 is 1.26 bits per heavy atom. The van der Waals surface area contributed by atoms with Crippen LogP contribution in [0.1, 0.15) is 0 Å². The molecule has 0 aliphatic rings. The molecule has 0 atom stereocenters. The number of imidazole rings is 1. The van der Waals surface area contributed by atoms with E-state index in [2.05, 4.69) is 19.9 Å². The van der Waals surface area contributed by atoms with Crippen LogP contribution in [-0.4, -0.2) is 29.3 Å². The normalized spacial score (nSPS) is 10.9. The monoisotopic (exact) mass is 276 g/mol. The van der Waals surface area contributed by atoms with E-state index in [0.29, 0.717) is 11.2 Å². The molecule has 0 radical (unpaired) electrons. The van der Waals surface area contributed by atoms with Gasteiger partial charge in [0, 0.05) is 12.3 Å². The number of nitrogens with one attached hydrogen (secondary N) is 1. The lowest BCUT2D eigenvalue weighted by Crippen LogP contribution is -2.16. The smallest absolute Gasteiger partial charge is 0.251 e. The van der Waals surface area contributed by atoms with Crippen LogP contribution in [0.3, 0.4) is 0 Å². The first-order chi connectivity index (χ1) is 9.06. The number of hydrogen-bond acceptors (Lipinski definition) is 7. The molecule has 96 valence electrons. The van der Waals surface area contributed by atoms with E-state index in [1.807, 2.05) is 0 Å². The Morgan fingerprint density at radius 2 is 2.05 bits per heavy atom. The number of aromatic amines is 1. The third-order valence-electron chi connectivity index (χ3n) is 2.46. The summed E-state index contributed by atoms with van der Waals surface area (Å²) in [7, 11) is 0. The Hall–Kier alpha value is -2.75. The van der Waals surface area contributed by atoms with Crippen molar-refractivity contribution in [1.82, 2.24) is 29.3 Å². The standard InChI is InChI=1S/C9H8N8OS/c10-6-5-7(15-8(11)14-6)17(3-12-5)16-2-1-4(18)13-9(16)19/h1-3H,(H,13,18,19)(H4,10,11,14,15). The SMILES string of the molecule is Nc1nc(N)c2ncn(-n3ccc(=O)[nH]c3=S)c2n1. The van der Waals surface area contributed by atoms with Gasteiger partial charge in [-0.05, 0) is 12.2 Å². The molecule has 0 saturated carbocycles. The van der Waals surface area contributed by atoms with Gasteiger partial charge >= 0.3 is 0 Å². The predicted octanol–water partition coefficient (Wildman–Crippen LogP) is -0.479. The number of aromatic nitrogens is 6. The summed E-state index contributed by atoms with van der Waals surface area (Å²) in [6.07, 6.45) is 2.96. The molecule has 0 fully saturated rings. The van der Waals surface area contributed by atoms with Crippen molar-refractivity contribution in [3.8, 4) is 0 Å². The van der Waals surface area contributed by atoms with Crippen LogP contribution in [-0.2, 0) is 0 Å². The lowest BCUT2D eigenvalue weighted by molar-refractivity contribution is 0.637. The summed E-state index contributed by atoms with van der Waals surface area (Å²) in [4.78, 5) is 25.6. The van der Waals surface area contributed by atoms with E-state index < -0.39 is 0 Å². The summed E-state index contributed by atoms with van der Waals surface area (Å²) >= 11 is 5.07. The van der Waals surface area contributed by atoms with Crippen molar-refractivity contribution in [2.45, 2.75) is 0 Å². The zero-order chi connectivity index (χ0) is 13.6. The number of hydrogen-bond donors (Lipinski definition) is 3. The van der Waals surface area contributed by atoms with E-state index in [-0.39, 0.29) is 22.1 Å². The van der Waals surface area contributed by atoms with Crippen molar-refractivity contribution in [1.29, 1.82) is 0 Å². The number of nitrogens with two attached hydrogens (primary N) is 2. The number of fused-ring (bicyclic) bond motifs is 1. The van der Waals surface area contributed by atoms with E-state index in [0.717, 1.165) is 0 Å². The van der Waals surface area contributed by atoms with Crippen molar-refractivity contribution in [3.05, 3.63) is 33.7 Å². The van der Waals surface area contributed by atoms with E-state index >= 15 is 0 Å². The van der Waals surface area contributed by atoms with E-state index in [4.69, 9.17) is 23.7 Å². The summed E-state index contributed by atoms with van der Waals surface area (Å²) in [6, 6.07) is 1.33. The second kappa shape index (κ2) is 3.88. The zero-order valence-corrected chi connectivity index (χ0v) is 10.3. The van der Waals surface area contributed by atoms with Crippen molar-refractivity contribution in [2.24, 2.45) is 0 Å². The Balaban J connectivity index is 2.37. The van der Waals surface area contributed by atoms with Crippen molar-refractivity contribution >= 4 is 35.1 Å². The van der Waals surface area contributed by atoms with E-state index in [1.54, 1.807) is 0 Å². The lowest BCUT2D eigenvalue weighted by atomic mass is 10.5. The van der Waals surface area contributed by atoms with Gasteiger partial charge in [-0.2, -0.15) is 9.97 Å². The van der Waals surface area contributed by atoms with Gasteiger partial charge in [0.1, 0.15) is 6.33 Å². The average molecular weight is 276 g/mol. The van der Waals surface area contributed by atoms with Gasteiger partial charge in [-0.15, -0.1) is 0 Å². The maximum Gasteiger partial charge on any atom is 0.251 e. The van der Waals surface area contributed by atoms with Gasteiger partial charge in [0.25, 0.3) is 5.56 Å². The topological polar surface area (TPSA) is 133 Å². The van der Waals surface area contributed by atoms with Crippen LogP contribution in [0, 0.1) is 4.77 Å². The number of H-pyrrole nitrogens is 1. The Kier molecular flexibility index (Phi) is 2.32. The number of nitrogen functional groups attached to an aromatic ring is 2. The van der Waals surface area contributed by atoms with Crippen LogP contribution >= 0.6 is 12.2 Å². The fraction of sp³-hybridized carbons (Fsp3) is 0. The van der Waals surface area contributed by atoms with Gasteiger partial charge in [0.15, 0.2) is 21.8 Å². The van der Waals surface area contributed by atoms with E-state index in [9.17, 15) is 4.79 Å². The number of anilines is 2. The maximum atomic E-state index is 11.2. The third kappa shape index (κ3) is 1.74. The highest BCUT2D eigenvalue weighted by Gasteiger charge is 2.11. The molecule has 0 aliphatic heterocycles. The highest BCUT2D eigenvalue weighted by Crippen LogP contribution is 2.16. The summed E-state index contributed by atoms with van der Waals surface area (Å²) in [5.74, 6) is 0.208. The molecule has 0 spiro atoms. The van der Waals surface area contributed by atoms with Crippen molar-refractivity contribution < 1.29 is 0 Å². The first-order valence-electron chi connectivity index (χ1n) is 5.15. The molecule has 0 aliphatic carbocycles. The van der Waals surface area contributed by atoms with E-state index in [1.165, 1.54) is 27.9 Å². The number of nitrogens with zero attached hydrogens (tertiary/aromatic N) is 5. The summed E-state index contributed by atoms with van der Waals surface area (Å²) in [6.45, 7) is 0. The zero-order valence-electron chi connectivity index (χ0n) is 9.44. The van der Waals surface area contributed by atoms with Gasteiger partial charge in [-0.1, -0.05) is 0 Å². The largest absolute Gasteiger partial charge is 0.382 e. The molecular weight excluding hydrogens is 268 g/mol. The third-order valence-corrected chi connectivity index (χ3v) is 2.75. The summed E-state index contributed by atoms with van der Waals surface area (Å²) in [5, 5.41) is 0. The van der Waals surface area contributed by atoms with Crippen LogP contribution < -0.4 is 17.0 Å². The minimum atomic E-state index is -0.292. The molecule has 3 rings (SSSR count). The van der Waals surface area contributed by atoms with Crippen molar-refractivity contribution in [2.75, 3.05) is 11.5 Å². The molecule has 0 saturated heterocycles. The van der Waals surface area contributed by atoms with Crippen LogP contribution in [0.15, 0.2) is 23.4 Å². The molecule has 19 heavy (non-hydrogen) atoms. The summed E-state index contributed by atoms with van der Waals surface area (Å²) < 4.78 is 3.20. The maximum absolute atomic E-state index is 11.2. The molecule has 0 aromatic carbocycles. The molecular formula is C9H8N8OS. The van der Waals surface area contributed by atoms with Gasteiger partial charge < -0.3 is 11.5 Å². The molecule has 3 aromatic rings. The highest BCUT2D eigenvalue weighted by atomic mass is 32.1. The Bertz CT molecular complexity index is 891. The van der Waals surface area contributed by atoms with Crippen LogP contribution in [0.4, 0.5) is 11.8 Å². The molecule has 10 heteroatoms. The molecule has 0 unspecified atom stereocenters. The molecule has 3 heterocycles. The molecule has 5 N–H and O–H groups in total. The first kappa shape index (κ1) is 11.3. The van der Waals surface area contributed by atoms with Crippen LogP contribution in [0.5, 0.6) is 0 Å².